The fourth-order valence-electron chi connectivity index (χ4n) is 2.23. The number of aryl methyl sites for hydroxylation is 1. The summed E-state index contributed by atoms with van der Waals surface area (Å²) in [5.74, 6) is -0.667. The molecule has 2 N–H and O–H groups in total. The third-order valence-electron chi connectivity index (χ3n) is 3.68. The molecular weight excluding hydrogens is 376 g/mol. The number of hydrogen-bond acceptors (Lipinski definition) is 4. The van der Waals surface area contributed by atoms with Gasteiger partial charge in [0, 0.05) is 35.5 Å². The monoisotopic (exact) mass is 394 g/mol. The molecule has 0 heterocycles. The molecule has 0 unspecified atom stereocenters. The molecular formula is C18H19ClN2O4S. The van der Waals surface area contributed by atoms with E-state index in [4.69, 9.17) is 11.6 Å². The Bertz CT molecular complexity index is 925. The van der Waals surface area contributed by atoms with Gasteiger partial charge in [-0.15, -0.1) is 0 Å². The number of sulfone groups is 1. The van der Waals surface area contributed by atoms with Gasteiger partial charge in [-0.05, 0) is 48.9 Å². The van der Waals surface area contributed by atoms with Crippen LogP contribution < -0.4 is 10.6 Å². The summed E-state index contributed by atoms with van der Waals surface area (Å²) in [6.45, 7) is 2.17. The zero-order chi connectivity index (χ0) is 19.3. The van der Waals surface area contributed by atoms with Crippen molar-refractivity contribution >= 4 is 33.3 Å². The maximum Gasteiger partial charge on any atom is 0.251 e. The minimum atomic E-state index is -3.39. The Labute approximate surface area is 157 Å². The number of carbonyl (C=O) groups excluding carboxylic acids is 2. The van der Waals surface area contributed by atoms with E-state index >= 15 is 0 Å². The molecule has 6 nitrogen and oxygen atoms in total. The quantitative estimate of drug-likeness (QED) is 0.735. The normalized spacial score (nSPS) is 11.0. The zero-order valence-corrected chi connectivity index (χ0v) is 15.9. The fourth-order valence-corrected chi connectivity index (χ4v) is 3.00. The molecule has 0 aliphatic heterocycles. The molecule has 0 aromatic heterocycles. The first-order valence-electron chi connectivity index (χ1n) is 7.81. The third kappa shape index (κ3) is 5.31. The van der Waals surface area contributed by atoms with Gasteiger partial charge in [-0.3, -0.25) is 9.59 Å². The lowest BCUT2D eigenvalue weighted by atomic mass is 10.1. The molecule has 0 aliphatic rings. The molecule has 2 amide bonds. The lowest BCUT2D eigenvalue weighted by molar-refractivity contribution is 0.0927. The highest BCUT2D eigenvalue weighted by molar-refractivity contribution is 7.90. The number of carbonyl (C=O) groups is 2. The summed E-state index contributed by atoms with van der Waals surface area (Å²) in [7, 11) is -3.39. The largest absolute Gasteiger partial charge is 0.350 e. The average Bonchev–Trinajstić information content (AvgIpc) is 2.58. The number of amides is 2. The number of benzene rings is 2. The summed E-state index contributed by atoms with van der Waals surface area (Å²) in [6, 6.07) is 10.9. The first kappa shape index (κ1) is 19.9. The zero-order valence-electron chi connectivity index (χ0n) is 14.4. The number of nitrogens with one attached hydrogen (secondary N) is 2. The van der Waals surface area contributed by atoms with E-state index in [1.54, 1.807) is 37.3 Å². The second kappa shape index (κ2) is 8.33. The number of rotatable bonds is 6. The molecule has 26 heavy (non-hydrogen) atoms. The van der Waals surface area contributed by atoms with Gasteiger partial charge >= 0.3 is 0 Å². The first-order chi connectivity index (χ1) is 12.2. The molecule has 0 bridgehead atoms. The van der Waals surface area contributed by atoms with Crippen molar-refractivity contribution in [3.05, 3.63) is 64.2 Å². The van der Waals surface area contributed by atoms with Crippen LogP contribution in [0.15, 0.2) is 47.4 Å². The summed E-state index contributed by atoms with van der Waals surface area (Å²) in [5.41, 5.74) is 1.43. The van der Waals surface area contributed by atoms with Crippen molar-refractivity contribution in [3.63, 3.8) is 0 Å². The molecule has 2 aromatic carbocycles. The molecule has 0 aliphatic carbocycles. The summed E-state index contributed by atoms with van der Waals surface area (Å²) in [6.07, 6.45) is 1.09. The van der Waals surface area contributed by atoms with Gasteiger partial charge in [0.15, 0.2) is 9.84 Å². The molecule has 8 heteroatoms. The Morgan fingerprint density at radius 2 is 1.54 bits per heavy atom. The van der Waals surface area contributed by atoms with E-state index in [1.165, 1.54) is 12.1 Å². The second-order valence-electron chi connectivity index (χ2n) is 5.77. The van der Waals surface area contributed by atoms with E-state index in [-0.39, 0.29) is 29.5 Å². The Hall–Kier alpha value is -2.38. The van der Waals surface area contributed by atoms with Gasteiger partial charge in [-0.1, -0.05) is 17.7 Å². The van der Waals surface area contributed by atoms with E-state index in [0.29, 0.717) is 16.1 Å². The Morgan fingerprint density at radius 1 is 0.962 bits per heavy atom. The van der Waals surface area contributed by atoms with Crippen LogP contribution in [-0.4, -0.2) is 39.6 Å². The van der Waals surface area contributed by atoms with Crippen molar-refractivity contribution in [3.8, 4) is 0 Å². The van der Waals surface area contributed by atoms with E-state index in [1.807, 2.05) is 0 Å². The summed E-state index contributed by atoms with van der Waals surface area (Å²) < 4.78 is 23.2. The molecule has 0 fully saturated rings. The Kier molecular flexibility index (Phi) is 6.39. The van der Waals surface area contributed by atoms with Crippen molar-refractivity contribution in [1.82, 2.24) is 10.6 Å². The topological polar surface area (TPSA) is 92.3 Å². The van der Waals surface area contributed by atoms with Crippen molar-refractivity contribution in [1.29, 1.82) is 0 Å². The molecule has 0 saturated carbocycles. The van der Waals surface area contributed by atoms with Gasteiger partial charge in [0.25, 0.3) is 11.8 Å². The minimum Gasteiger partial charge on any atom is -0.350 e. The van der Waals surface area contributed by atoms with Crippen LogP contribution in [0.1, 0.15) is 26.3 Å². The van der Waals surface area contributed by atoms with Crippen LogP contribution in [0, 0.1) is 6.92 Å². The smallest absolute Gasteiger partial charge is 0.251 e. The van der Waals surface area contributed by atoms with Gasteiger partial charge in [0.2, 0.25) is 0 Å². The van der Waals surface area contributed by atoms with Crippen molar-refractivity contribution in [2.24, 2.45) is 0 Å². The van der Waals surface area contributed by atoms with Crippen molar-refractivity contribution < 1.29 is 18.0 Å². The predicted octanol–water partition coefficient (Wildman–Crippen LogP) is 2.21. The Morgan fingerprint density at radius 3 is 2.12 bits per heavy atom. The molecule has 2 aromatic rings. The predicted molar refractivity (Wildman–Crippen MR) is 100 cm³/mol. The summed E-state index contributed by atoms with van der Waals surface area (Å²) in [5, 5.41) is 5.89. The first-order valence-corrected chi connectivity index (χ1v) is 10.1. The van der Waals surface area contributed by atoms with E-state index in [0.717, 1.165) is 6.26 Å². The highest BCUT2D eigenvalue weighted by Crippen LogP contribution is 2.15. The summed E-state index contributed by atoms with van der Waals surface area (Å²) in [4.78, 5) is 24.3. The second-order valence-corrected chi connectivity index (χ2v) is 8.22. The van der Waals surface area contributed by atoms with Crippen molar-refractivity contribution in [2.75, 3.05) is 19.3 Å². The van der Waals surface area contributed by atoms with Crippen LogP contribution in [0.4, 0.5) is 0 Å². The lowest BCUT2D eigenvalue weighted by Gasteiger charge is -2.10. The average molecular weight is 395 g/mol. The van der Waals surface area contributed by atoms with Gasteiger partial charge in [-0.2, -0.15) is 0 Å². The standard InChI is InChI=1S/C18H19ClN2O4S/c1-12-3-8-15(26(2,24)25)11-16(12)18(23)21-10-9-20-17(22)13-4-6-14(19)7-5-13/h3-8,11H,9-10H2,1-2H3,(H,20,22)(H,21,23). The van der Waals surface area contributed by atoms with Crippen molar-refractivity contribution in [2.45, 2.75) is 11.8 Å². The maximum absolute atomic E-state index is 12.3. The maximum atomic E-state index is 12.3. The van der Waals surface area contributed by atoms with Crippen LogP contribution in [0.2, 0.25) is 5.02 Å². The highest BCUT2D eigenvalue weighted by Gasteiger charge is 2.14. The Balaban J connectivity index is 1.91. The number of halogens is 1. The van der Waals surface area contributed by atoms with Gasteiger partial charge in [-0.25, -0.2) is 8.42 Å². The lowest BCUT2D eigenvalue weighted by Crippen LogP contribution is -2.35. The van der Waals surface area contributed by atoms with Crippen LogP contribution in [0.5, 0.6) is 0 Å². The van der Waals surface area contributed by atoms with Gasteiger partial charge < -0.3 is 10.6 Å². The third-order valence-corrected chi connectivity index (χ3v) is 5.05. The van der Waals surface area contributed by atoms with E-state index in [9.17, 15) is 18.0 Å². The number of hydrogen-bond donors (Lipinski definition) is 2. The minimum absolute atomic E-state index is 0.0873. The molecule has 0 spiro atoms. The van der Waals surface area contributed by atoms with Crippen LogP contribution in [0.25, 0.3) is 0 Å². The van der Waals surface area contributed by atoms with Crippen LogP contribution >= 0.6 is 11.6 Å². The molecule has 0 radical (unpaired) electrons. The van der Waals surface area contributed by atoms with Crippen LogP contribution in [0.3, 0.4) is 0 Å². The van der Waals surface area contributed by atoms with E-state index < -0.39 is 15.7 Å². The summed E-state index contributed by atoms with van der Waals surface area (Å²) >= 11 is 5.77. The van der Waals surface area contributed by atoms with Crippen LogP contribution in [-0.2, 0) is 9.84 Å². The van der Waals surface area contributed by atoms with E-state index in [2.05, 4.69) is 10.6 Å². The molecule has 2 rings (SSSR count). The van der Waals surface area contributed by atoms with Gasteiger partial charge in [0.1, 0.15) is 0 Å². The highest BCUT2D eigenvalue weighted by atomic mass is 35.5. The van der Waals surface area contributed by atoms with Gasteiger partial charge in [0.05, 0.1) is 4.90 Å². The molecule has 138 valence electrons. The SMILES string of the molecule is Cc1ccc(S(C)(=O)=O)cc1C(=O)NCCNC(=O)c1ccc(Cl)cc1. The molecule has 0 saturated heterocycles. The fraction of sp³-hybridized carbons (Fsp3) is 0.222. The molecule has 0 atom stereocenters.